The summed E-state index contributed by atoms with van der Waals surface area (Å²) in [6.07, 6.45) is 0.939. The van der Waals surface area contributed by atoms with Crippen molar-refractivity contribution in [3.05, 3.63) is 69.7 Å². The Morgan fingerprint density at radius 1 is 1.11 bits per heavy atom. The summed E-state index contributed by atoms with van der Waals surface area (Å²) in [6.45, 7) is 5.80. The molecule has 0 aromatic heterocycles. The van der Waals surface area contributed by atoms with Gasteiger partial charge < -0.3 is 5.32 Å². The van der Waals surface area contributed by atoms with E-state index in [1.807, 2.05) is 37.3 Å². The van der Waals surface area contributed by atoms with Crippen molar-refractivity contribution in [2.75, 3.05) is 0 Å². The number of sulfonamides is 1. The van der Waals surface area contributed by atoms with Crippen LogP contribution in [0.5, 0.6) is 0 Å². The Labute approximate surface area is 172 Å². The largest absolute Gasteiger partial charge is 0.352 e. The summed E-state index contributed by atoms with van der Waals surface area (Å²) in [6, 6.07) is 12.9. The maximum absolute atomic E-state index is 12.2. The van der Waals surface area contributed by atoms with Crippen LogP contribution in [0.25, 0.3) is 0 Å². The molecule has 0 spiro atoms. The summed E-state index contributed by atoms with van der Waals surface area (Å²) in [5.41, 5.74) is 3.50. The summed E-state index contributed by atoms with van der Waals surface area (Å²) in [5, 5.41) is 3.57. The molecule has 0 heterocycles. The number of carbonyl (C=O) groups is 1. The molecule has 0 fully saturated rings. The average Bonchev–Trinajstić information content (AvgIpc) is 2.60. The van der Waals surface area contributed by atoms with Gasteiger partial charge in [0.2, 0.25) is 15.9 Å². The van der Waals surface area contributed by atoms with Crippen molar-refractivity contribution < 1.29 is 13.2 Å². The molecule has 2 N–H and O–H groups in total. The van der Waals surface area contributed by atoms with Gasteiger partial charge in [-0.25, -0.2) is 13.1 Å². The van der Waals surface area contributed by atoms with E-state index in [4.69, 9.17) is 11.6 Å². The Hall–Kier alpha value is -1.89. The van der Waals surface area contributed by atoms with Crippen molar-refractivity contribution in [2.45, 2.75) is 52.0 Å². The summed E-state index contributed by atoms with van der Waals surface area (Å²) >= 11 is 6.12. The van der Waals surface area contributed by atoms with Gasteiger partial charge in [-0.1, -0.05) is 48.0 Å². The molecule has 0 radical (unpaired) electrons. The highest BCUT2D eigenvalue weighted by molar-refractivity contribution is 7.88. The van der Waals surface area contributed by atoms with E-state index < -0.39 is 10.0 Å². The van der Waals surface area contributed by atoms with Crippen LogP contribution in [0.4, 0.5) is 0 Å². The first-order valence-corrected chi connectivity index (χ1v) is 11.3. The standard InChI is InChI=1S/C21H27ClN2O3S/c1-15(2)24-28(26,27)14-19-7-5-4-6-18(19)13-23-21(25)11-10-17-9-8-16(3)20(22)12-17/h4-9,12,15,24H,10-11,13-14H2,1-3H3,(H,23,25). The fourth-order valence-electron chi connectivity index (χ4n) is 2.81. The quantitative estimate of drug-likeness (QED) is 0.646. The molecule has 152 valence electrons. The predicted molar refractivity (Wildman–Crippen MR) is 114 cm³/mol. The Morgan fingerprint density at radius 2 is 1.79 bits per heavy atom. The lowest BCUT2D eigenvalue weighted by Crippen LogP contribution is -2.32. The third kappa shape index (κ3) is 7.26. The van der Waals surface area contributed by atoms with Crippen LogP contribution < -0.4 is 10.0 Å². The van der Waals surface area contributed by atoms with E-state index in [0.717, 1.165) is 16.7 Å². The first-order chi connectivity index (χ1) is 13.2. The van der Waals surface area contributed by atoms with Crippen molar-refractivity contribution in [2.24, 2.45) is 0 Å². The lowest BCUT2D eigenvalue weighted by atomic mass is 10.1. The van der Waals surface area contributed by atoms with Gasteiger partial charge in [-0.2, -0.15) is 0 Å². The maximum Gasteiger partial charge on any atom is 0.220 e. The van der Waals surface area contributed by atoms with Gasteiger partial charge in [-0.3, -0.25) is 4.79 Å². The number of hydrogen-bond acceptors (Lipinski definition) is 3. The van der Waals surface area contributed by atoms with E-state index in [1.165, 1.54) is 0 Å². The fourth-order valence-corrected chi connectivity index (χ4v) is 4.50. The Morgan fingerprint density at radius 3 is 2.43 bits per heavy atom. The smallest absolute Gasteiger partial charge is 0.220 e. The molecule has 7 heteroatoms. The van der Waals surface area contributed by atoms with Gasteiger partial charge in [-0.05, 0) is 55.5 Å². The third-order valence-corrected chi connectivity index (χ3v) is 6.16. The molecule has 0 unspecified atom stereocenters. The van der Waals surface area contributed by atoms with E-state index in [2.05, 4.69) is 10.0 Å². The van der Waals surface area contributed by atoms with E-state index >= 15 is 0 Å². The SMILES string of the molecule is Cc1ccc(CCC(=O)NCc2ccccc2CS(=O)(=O)NC(C)C)cc1Cl. The van der Waals surface area contributed by atoms with Crippen LogP contribution in [0.2, 0.25) is 5.02 Å². The molecule has 0 saturated carbocycles. The number of hydrogen-bond donors (Lipinski definition) is 2. The predicted octanol–water partition coefficient (Wildman–Crippen LogP) is 3.73. The molecule has 0 atom stereocenters. The van der Waals surface area contributed by atoms with Gasteiger partial charge in [0.15, 0.2) is 0 Å². The Bertz CT molecular complexity index is 927. The molecular formula is C21H27ClN2O3S. The van der Waals surface area contributed by atoms with Crippen molar-refractivity contribution in [3.8, 4) is 0 Å². The Kier molecular flexibility index (Phi) is 8.04. The van der Waals surface area contributed by atoms with E-state index in [0.29, 0.717) is 30.0 Å². The molecule has 2 rings (SSSR count). The average molecular weight is 423 g/mol. The highest BCUT2D eigenvalue weighted by atomic mass is 35.5. The Balaban J connectivity index is 1.93. The van der Waals surface area contributed by atoms with Crippen LogP contribution >= 0.6 is 11.6 Å². The number of aryl methyl sites for hydroxylation is 2. The van der Waals surface area contributed by atoms with Crippen LogP contribution in [0.1, 0.15) is 42.5 Å². The number of halogens is 1. The van der Waals surface area contributed by atoms with Crippen molar-refractivity contribution in [1.29, 1.82) is 0 Å². The van der Waals surface area contributed by atoms with Crippen LogP contribution in [-0.2, 0) is 33.5 Å². The van der Waals surface area contributed by atoms with Crippen LogP contribution in [0.15, 0.2) is 42.5 Å². The third-order valence-electron chi connectivity index (χ3n) is 4.23. The molecule has 0 saturated heterocycles. The molecule has 0 aliphatic carbocycles. The zero-order valence-corrected chi connectivity index (χ0v) is 18.0. The lowest BCUT2D eigenvalue weighted by Gasteiger charge is -2.13. The molecule has 0 bridgehead atoms. The number of carbonyl (C=O) groups excluding carboxylic acids is 1. The highest BCUT2D eigenvalue weighted by Crippen LogP contribution is 2.18. The second kappa shape index (κ2) is 10.0. The van der Waals surface area contributed by atoms with Crippen LogP contribution in [0.3, 0.4) is 0 Å². The van der Waals surface area contributed by atoms with Gasteiger partial charge in [-0.15, -0.1) is 0 Å². The van der Waals surface area contributed by atoms with Crippen LogP contribution in [0, 0.1) is 6.92 Å². The van der Waals surface area contributed by atoms with E-state index in [-0.39, 0.29) is 17.7 Å². The van der Waals surface area contributed by atoms with Crippen molar-refractivity contribution in [3.63, 3.8) is 0 Å². The zero-order chi connectivity index (χ0) is 20.7. The van der Waals surface area contributed by atoms with Gasteiger partial charge in [0.25, 0.3) is 0 Å². The molecular weight excluding hydrogens is 396 g/mol. The topological polar surface area (TPSA) is 75.3 Å². The van der Waals surface area contributed by atoms with E-state index in [1.54, 1.807) is 26.0 Å². The molecule has 0 aliphatic rings. The van der Waals surface area contributed by atoms with Crippen molar-refractivity contribution in [1.82, 2.24) is 10.0 Å². The van der Waals surface area contributed by atoms with Crippen molar-refractivity contribution >= 4 is 27.5 Å². The summed E-state index contributed by atoms with van der Waals surface area (Å²) in [4.78, 5) is 12.2. The summed E-state index contributed by atoms with van der Waals surface area (Å²) in [7, 11) is -3.42. The molecule has 1 amide bonds. The first kappa shape index (κ1) is 22.4. The van der Waals surface area contributed by atoms with Crippen LogP contribution in [-0.4, -0.2) is 20.4 Å². The van der Waals surface area contributed by atoms with Gasteiger partial charge in [0, 0.05) is 24.0 Å². The fraction of sp³-hybridized carbons (Fsp3) is 0.381. The first-order valence-electron chi connectivity index (χ1n) is 9.25. The minimum absolute atomic E-state index is 0.0883. The van der Waals surface area contributed by atoms with Gasteiger partial charge in [0.05, 0.1) is 5.75 Å². The zero-order valence-electron chi connectivity index (χ0n) is 16.5. The second-order valence-electron chi connectivity index (χ2n) is 7.16. The molecule has 28 heavy (non-hydrogen) atoms. The minimum atomic E-state index is -3.42. The second-order valence-corrected chi connectivity index (χ2v) is 9.32. The number of amides is 1. The maximum atomic E-state index is 12.2. The lowest BCUT2D eigenvalue weighted by molar-refractivity contribution is -0.121. The number of rotatable bonds is 9. The molecule has 5 nitrogen and oxygen atoms in total. The number of benzene rings is 2. The van der Waals surface area contributed by atoms with Gasteiger partial charge >= 0.3 is 0 Å². The normalized spacial score (nSPS) is 11.6. The molecule has 2 aromatic rings. The molecule has 0 aliphatic heterocycles. The highest BCUT2D eigenvalue weighted by Gasteiger charge is 2.15. The monoisotopic (exact) mass is 422 g/mol. The summed E-state index contributed by atoms with van der Waals surface area (Å²) in [5.74, 6) is -0.200. The molecule has 2 aromatic carbocycles. The number of nitrogens with one attached hydrogen (secondary N) is 2. The van der Waals surface area contributed by atoms with E-state index in [9.17, 15) is 13.2 Å². The minimum Gasteiger partial charge on any atom is -0.352 e. The summed E-state index contributed by atoms with van der Waals surface area (Å²) < 4.78 is 27.0. The van der Waals surface area contributed by atoms with Gasteiger partial charge in [0.1, 0.15) is 0 Å².